The Kier molecular flexibility index (Phi) is 2.59. The first-order chi connectivity index (χ1) is 8.33. The normalized spacial score (nSPS) is 16.5. The van der Waals surface area contributed by atoms with Gasteiger partial charge in [0.1, 0.15) is 6.10 Å². The maximum absolute atomic E-state index is 11.9. The molecule has 2 aromatic rings. The smallest absolute Gasteiger partial charge is 0.338 e. The topological polar surface area (TPSA) is 42.1 Å². The molecule has 1 N–H and O–H groups in total. The third-order valence-electron chi connectivity index (χ3n) is 3.36. The maximum Gasteiger partial charge on any atom is 0.338 e. The van der Waals surface area contributed by atoms with Gasteiger partial charge in [0.25, 0.3) is 0 Å². The Morgan fingerprint density at radius 3 is 2.88 bits per heavy atom. The average molecular weight is 229 g/mol. The summed E-state index contributed by atoms with van der Waals surface area (Å²) in [6, 6.07) is 7.57. The summed E-state index contributed by atoms with van der Waals surface area (Å²) in [6.07, 6.45) is 6.38. The highest BCUT2D eigenvalue weighted by Crippen LogP contribution is 2.23. The summed E-state index contributed by atoms with van der Waals surface area (Å²) in [5.74, 6) is -0.194. The van der Waals surface area contributed by atoms with E-state index in [9.17, 15) is 4.79 Å². The van der Waals surface area contributed by atoms with Crippen LogP contribution in [0.2, 0.25) is 0 Å². The van der Waals surface area contributed by atoms with Gasteiger partial charge in [0.2, 0.25) is 0 Å². The van der Waals surface area contributed by atoms with Crippen molar-refractivity contribution >= 4 is 16.9 Å². The van der Waals surface area contributed by atoms with E-state index in [-0.39, 0.29) is 12.1 Å². The van der Waals surface area contributed by atoms with Crippen LogP contribution in [0.4, 0.5) is 0 Å². The molecule has 17 heavy (non-hydrogen) atoms. The van der Waals surface area contributed by atoms with Crippen LogP contribution in [0.3, 0.4) is 0 Å². The van der Waals surface area contributed by atoms with Crippen molar-refractivity contribution in [2.24, 2.45) is 0 Å². The van der Waals surface area contributed by atoms with Gasteiger partial charge >= 0.3 is 5.97 Å². The number of carbonyl (C=O) groups is 1. The molecule has 1 aromatic heterocycles. The summed E-state index contributed by atoms with van der Waals surface area (Å²) >= 11 is 0. The summed E-state index contributed by atoms with van der Waals surface area (Å²) in [7, 11) is 0. The molecule has 0 unspecified atom stereocenters. The minimum Gasteiger partial charge on any atom is -0.459 e. The van der Waals surface area contributed by atoms with Crippen LogP contribution in [-0.2, 0) is 4.74 Å². The van der Waals surface area contributed by atoms with E-state index in [4.69, 9.17) is 4.74 Å². The van der Waals surface area contributed by atoms with Crippen LogP contribution < -0.4 is 0 Å². The number of nitrogens with one attached hydrogen (secondary N) is 1. The van der Waals surface area contributed by atoms with Gasteiger partial charge in [-0.2, -0.15) is 0 Å². The summed E-state index contributed by atoms with van der Waals surface area (Å²) in [5, 5.41) is 1.05. The van der Waals surface area contributed by atoms with Gasteiger partial charge in [0, 0.05) is 17.1 Å². The number of esters is 1. The zero-order chi connectivity index (χ0) is 11.7. The molecule has 3 heteroatoms. The van der Waals surface area contributed by atoms with E-state index in [0.29, 0.717) is 5.56 Å². The molecule has 0 atom stereocenters. The zero-order valence-corrected chi connectivity index (χ0v) is 9.61. The van der Waals surface area contributed by atoms with E-state index >= 15 is 0 Å². The lowest BCUT2D eigenvalue weighted by Gasteiger charge is -2.11. The van der Waals surface area contributed by atoms with Gasteiger partial charge in [-0.25, -0.2) is 4.79 Å². The Labute approximate surface area is 99.8 Å². The van der Waals surface area contributed by atoms with Crippen molar-refractivity contribution in [1.29, 1.82) is 0 Å². The molecule has 3 rings (SSSR count). The van der Waals surface area contributed by atoms with E-state index in [2.05, 4.69) is 4.98 Å². The van der Waals surface area contributed by atoms with Crippen LogP contribution in [0.5, 0.6) is 0 Å². The molecule has 1 heterocycles. The molecule has 0 radical (unpaired) electrons. The number of ether oxygens (including phenoxy) is 1. The van der Waals surface area contributed by atoms with Crippen molar-refractivity contribution in [1.82, 2.24) is 4.98 Å². The maximum atomic E-state index is 11.9. The number of carbonyl (C=O) groups excluding carboxylic acids is 1. The molecule has 0 bridgehead atoms. The standard InChI is InChI=1S/C14H15NO2/c16-14(17-12-3-1-2-4-12)11-5-6-13-10(9-11)7-8-15-13/h5-9,12,15H,1-4H2. The monoisotopic (exact) mass is 229 g/mol. The number of rotatable bonds is 2. The van der Waals surface area contributed by atoms with Gasteiger partial charge in [0.05, 0.1) is 5.56 Å². The SMILES string of the molecule is O=C(OC1CCCC1)c1ccc2[nH]ccc2c1. The van der Waals surface area contributed by atoms with Crippen LogP contribution in [-0.4, -0.2) is 17.1 Å². The highest BCUT2D eigenvalue weighted by atomic mass is 16.5. The molecular formula is C14H15NO2. The Morgan fingerprint density at radius 1 is 1.24 bits per heavy atom. The predicted octanol–water partition coefficient (Wildman–Crippen LogP) is 3.27. The Balaban J connectivity index is 1.79. The van der Waals surface area contributed by atoms with Crippen molar-refractivity contribution in [3.63, 3.8) is 0 Å². The third kappa shape index (κ3) is 2.05. The molecule has 1 aliphatic rings. The Hall–Kier alpha value is -1.77. The summed E-state index contributed by atoms with van der Waals surface area (Å²) in [5.41, 5.74) is 1.69. The fourth-order valence-electron chi connectivity index (χ4n) is 2.41. The number of aromatic amines is 1. The molecule has 1 fully saturated rings. The first kappa shape index (κ1) is 10.4. The van der Waals surface area contributed by atoms with Gasteiger partial charge in [-0.1, -0.05) is 0 Å². The van der Waals surface area contributed by atoms with Gasteiger partial charge in [0.15, 0.2) is 0 Å². The van der Waals surface area contributed by atoms with Crippen molar-refractivity contribution in [3.05, 3.63) is 36.0 Å². The summed E-state index contributed by atoms with van der Waals surface area (Å²) in [6.45, 7) is 0. The molecule has 3 nitrogen and oxygen atoms in total. The van der Waals surface area contributed by atoms with E-state index < -0.39 is 0 Å². The molecular weight excluding hydrogens is 214 g/mol. The minimum atomic E-state index is -0.194. The Bertz CT molecular complexity index is 538. The van der Waals surface area contributed by atoms with Gasteiger partial charge < -0.3 is 9.72 Å². The Morgan fingerprint density at radius 2 is 2.06 bits per heavy atom. The molecule has 0 spiro atoms. The summed E-state index contributed by atoms with van der Waals surface area (Å²) < 4.78 is 5.47. The molecule has 0 amide bonds. The van der Waals surface area contributed by atoms with Crippen molar-refractivity contribution < 1.29 is 9.53 Å². The fourth-order valence-corrected chi connectivity index (χ4v) is 2.41. The first-order valence-electron chi connectivity index (χ1n) is 6.11. The molecule has 0 aliphatic heterocycles. The lowest BCUT2D eigenvalue weighted by Crippen LogP contribution is -2.14. The van der Waals surface area contributed by atoms with E-state index in [1.807, 2.05) is 30.5 Å². The first-order valence-corrected chi connectivity index (χ1v) is 6.11. The number of benzene rings is 1. The highest BCUT2D eigenvalue weighted by molar-refractivity contribution is 5.94. The van der Waals surface area contributed by atoms with Crippen LogP contribution in [0.1, 0.15) is 36.0 Å². The van der Waals surface area contributed by atoms with E-state index in [1.165, 1.54) is 12.8 Å². The quantitative estimate of drug-likeness (QED) is 0.803. The van der Waals surface area contributed by atoms with Crippen molar-refractivity contribution in [3.8, 4) is 0 Å². The molecule has 88 valence electrons. The van der Waals surface area contributed by atoms with E-state index in [1.54, 1.807) is 0 Å². The molecule has 1 aliphatic carbocycles. The zero-order valence-electron chi connectivity index (χ0n) is 9.61. The molecule has 0 saturated heterocycles. The largest absolute Gasteiger partial charge is 0.459 e. The lowest BCUT2D eigenvalue weighted by atomic mass is 10.1. The second kappa shape index (κ2) is 4.24. The third-order valence-corrected chi connectivity index (χ3v) is 3.36. The van der Waals surface area contributed by atoms with E-state index in [0.717, 1.165) is 23.7 Å². The van der Waals surface area contributed by atoms with Crippen LogP contribution in [0.25, 0.3) is 10.9 Å². The summed E-state index contributed by atoms with van der Waals surface area (Å²) in [4.78, 5) is 15.0. The number of hydrogen-bond acceptors (Lipinski definition) is 2. The van der Waals surface area contributed by atoms with Crippen LogP contribution >= 0.6 is 0 Å². The highest BCUT2D eigenvalue weighted by Gasteiger charge is 2.20. The molecule has 1 saturated carbocycles. The lowest BCUT2D eigenvalue weighted by molar-refractivity contribution is 0.0318. The number of hydrogen-bond donors (Lipinski definition) is 1. The number of aromatic nitrogens is 1. The fraction of sp³-hybridized carbons (Fsp3) is 0.357. The average Bonchev–Trinajstić information content (AvgIpc) is 2.97. The number of fused-ring (bicyclic) bond motifs is 1. The van der Waals surface area contributed by atoms with Gasteiger partial charge in [-0.05, 0) is 49.9 Å². The van der Waals surface area contributed by atoms with Crippen molar-refractivity contribution in [2.45, 2.75) is 31.8 Å². The predicted molar refractivity (Wildman–Crippen MR) is 66.0 cm³/mol. The number of H-pyrrole nitrogens is 1. The van der Waals surface area contributed by atoms with Gasteiger partial charge in [-0.3, -0.25) is 0 Å². The second-order valence-corrected chi connectivity index (χ2v) is 4.59. The van der Waals surface area contributed by atoms with Crippen molar-refractivity contribution in [2.75, 3.05) is 0 Å². The van der Waals surface area contributed by atoms with Gasteiger partial charge in [-0.15, -0.1) is 0 Å². The van der Waals surface area contributed by atoms with Crippen LogP contribution in [0, 0.1) is 0 Å². The second-order valence-electron chi connectivity index (χ2n) is 4.59. The minimum absolute atomic E-state index is 0.129. The van der Waals surface area contributed by atoms with Crippen LogP contribution in [0.15, 0.2) is 30.5 Å². The molecule has 1 aromatic carbocycles.